The number of hydrogen-bond donors (Lipinski definition) is 2. The Kier molecular flexibility index (Phi) is 2.38. The molecule has 3 N–H and O–H groups in total. The number of fused-ring (bicyclic) bond motifs is 1. The summed E-state index contributed by atoms with van der Waals surface area (Å²) in [7, 11) is 1.96. The number of carbonyl (C=O) groups excluding carboxylic acids is 1. The summed E-state index contributed by atoms with van der Waals surface area (Å²) in [5, 5.41) is 2.87. The summed E-state index contributed by atoms with van der Waals surface area (Å²) >= 11 is 0. The van der Waals surface area contributed by atoms with Gasteiger partial charge in [-0.15, -0.1) is 0 Å². The van der Waals surface area contributed by atoms with Crippen LogP contribution in [-0.4, -0.2) is 21.0 Å². The van der Waals surface area contributed by atoms with E-state index in [1.54, 1.807) is 6.33 Å². The lowest BCUT2D eigenvalue weighted by Gasteiger charge is -2.10. The zero-order chi connectivity index (χ0) is 12.8. The molecule has 0 aliphatic heterocycles. The second-order valence-electron chi connectivity index (χ2n) is 5.02. The topological polar surface area (TPSA) is 72.9 Å². The second-order valence-corrected chi connectivity index (χ2v) is 5.02. The molecule has 5 heteroatoms. The molecule has 0 radical (unpaired) electrons. The maximum Gasteiger partial charge on any atom is 0.240 e. The number of carbonyl (C=O) groups is 1. The fraction of sp³-hybridized carbons (Fsp3) is 0.385. The Morgan fingerprint density at radius 3 is 3.06 bits per heavy atom. The molecule has 1 aromatic heterocycles. The number of nitrogens with one attached hydrogen (secondary N) is 1. The molecule has 1 amide bonds. The van der Waals surface area contributed by atoms with Crippen molar-refractivity contribution in [3.05, 3.63) is 30.1 Å². The normalized spacial score (nSPS) is 16.8. The van der Waals surface area contributed by atoms with Crippen molar-refractivity contribution in [3.8, 4) is 0 Å². The maximum absolute atomic E-state index is 11.7. The average molecular weight is 244 g/mol. The van der Waals surface area contributed by atoms with Gasteiger partial charge < -0.3 is 15.6 Å². The fourth-order valence-corrected chi connectivity index (χ4v) is 2.01. The number of aromatic nitrogens is 2. The minimum absolute atomic E-state index is 0.0522. The molecule has 1 aliphatic rings. The van der Waals surface area contributed by atoms with Gasteiger partial charge in [0.2, 0.25) is 5.91 Å². The van der Waals surface area contributed by atoms with E-state index in [0.717, 1.165) is 29.4 Å². The smallest absolute Gasteiger partial charge is 0.240 e. The predicted molar refractivity (Wildman–Crippen MR) is 68.7 cm³/mol. The van der Waals surface area contributed by atoms with Gasteiger partial charge in [0, 0.05) is 13.6 Å². The van der Waals surface area contributed by atoms with Crippen molar-refractivity contribution in [2.24, 2.45) is 12.8 Å². The lowest BCUT2D eigenvalue weighted by atomic mass is 10.2. The Bertz CT molecular complexity index is 612. The number of imidazole rings is 1. The highest BCUT2D eigenvalue weighted by Crippen LogP contribution is 2.32. The summed E-state index contributed by atoms with van der Waals surface area (Å²) in [5.74, 6) is -0.0522. The Morgan fingerprint density at radius 2 is 2.33 bits per heavy atom. The molecule has 0 bridgehead atoms. The second kappa shape index (κ2) is 3.81. The van der Waals surface area contributed by atoms with Crippen molar-refractivity contribution >= 4 is 16.9 Å². The molecule has 1 aromatic carbocycles. The summed E-state index contributed by atoms with van der Waals surface area (Å²) in [5.41, 5.74) is 8.29. The molecule has 0 unspecified atom stereocenters. The highest BCUT2D eigenvalue weighted by Gasteiger charge is 2.45. The summed E-state index contributed by atoms with van der Waals surface area (Å²) in [6.07, 6.45) is 3.36. The molecule has 1 aliphatic carbocycles. The Balaban J connectivity index is 1.73. The van der Waals surface area contributed by atoms with E-state index in [1.165, 1.54) is 0 Å². The standard InChI is InChI=1S/C13H16N4O/c1-17-8-16-10-6-9(2-3-11(10)17)7-15-12(18)13(14)4-5-13/h2-3,6,8H,4-5,7,14H2,1H3,(H,15,18). The molecular formula is C13H16N4O. The Hall–Kier alpha value is -1.88. The van der Waals surface area contributed by atoms with Gasteiger partial charge in [0.05, 0.1) is 22.9 Å². The van der Waals surface area contributed by atoms with E-state index in [-0.39, 0.29) is 5.91 Å². The number of hydrogen-bond acceptors (Lipinski definition) is 3. The number of amides is 1. The summed E-state index contributed by atoms with van der Waals surface area (Å²) in [6, 6.07) is 6.01. The first-order valence-electron chi connectivity index (χ1n) is 6.06. The molecule has 1 heterocycles. The summed E-state index contributed by atoms with van der Waals surface area (Å²) in [6.45, 7) is 0.504. The van der Waals surface area contributed by atoms with Crippen molar-refractivity contribution in [2.75, 3.05) is 0 Å². The van der Waals surface area contributed by atoms with Crippen molar-refractivity contribution < 1.29 is 4.79 Å². The number of nitrogens with two attached hydrogens (primary N) is 1. The number of rotatable bonds is 3. The van der Waals surface area contributed by atoms with E-state index in [1.807, 2.05) is 29.8 Å². The van der Waals surface area contributed by atoms with Crippen LogP contribution in [0, 0.1) is 0 Å². The van der Waals surface area contributed by atoms with Crippen LogP contribution in [0.3, 0.4) is 0 Å². The van der Waals surface area contributed by atoms with Crippen molar-refractivity contribution in [3.63, 3.8) is 0 Å². The van der Waals surface area contributed by atoms with Gasteiger partial charge in [-0.3, -0.25) is 4.79 Å². The highest BCUT2D eigenvalue weighted by molar-refractivity contribution is 5.89. The zero-order valence-corrected chi connectivity index (χ0v) is 10.3. The highest BCUT2D eigenvalue weighted by atomic mass is 16.2. The average Bonchev–Trinajstić information content (AvgIpc) is 3.02. The van der Waals surface area contributed by atoms with Crippen LogP contribution in [0.15, 0.2) is 24.5 Å². The van der Waals surface area contributed by atoms with Crippen molar-refractivity contribution in [1.82, 2.24) is 14.9 Å². The molecule has 5 nitrogen and oxygen atoms in total. The zero-order valence-electron chi connectivity index (χ0n) is 10.3. The van der Waals surface area contributed by atoms with Crippen LogP contribution < -0.4 is 11.1 Å². The Morgan fingerprint density at radius 1 is 1.56 bits per heavy atom. The van der Waals surface area contributed by atoms with Gasteiger partial charge in [0.15, 0.2) is 0 Å². The van der Waals surface area contributed by atoms with E-state index in [0.29, 0.717) is 6.54 Å². The molecule has 1 fully saturated rings. The number of benzene rings is 1. The maximum atomic E-state index is 11.7. The van der Waals surface area contributed by atoms with Crippen LogP contribution in [0.25, 0.3) is 11.0 Å². The minimum atomic E-state index is -0.602. The van der Waals surface area contributed by atoms with Crippen molar-refractivity contribution in [1.29, 1.82) is 0 Å². The van der Waals surface area contributed by atoms with Gasteiger partial charge in [-0.2, -0.15) is 0 Å². The van der Waals surface area contributed by atoms with Crippen molar-refractivity contribution in [2.45, 2.75) is 24.9 Å². The molecule has 2 aromatic rings. The third kappa shape index (κ3) is 1.86. The van der Waals surface area contributed by atoms with Gasteiger partial charge >= 0.3 is 0 Å². The van der Waals surface area contributed by atoms with E-state index in [4.69, 9.17) is 5.73 Å². The SMILES string of the molecule is Cn1cnc2cc(CNC(=O)C3(N)CC3)ccc21. The molecular weight excluding hydrogens is 228 g/mol. The van der Waals surface area contributed by atoms with Gasteiger partial charge in [-0.1, -0.05) is 6.07 Å². The first kappa shape index (κ1) is 11.2. The fourth-order valence-electron chi connectivity index (χ4n) is 2.01. The third-order valence-corrected chi connectivity index (χ3v) is 3.48. The lowest BCUT2D eigenvalue weighted by molar-refractivity contribution is -0.123. The van der Waals surface area contributed by atoms with Gasteiger partial charge in [0.1, 0.15) is 0 Å². The van der Waals surface area contributed by atoms with Crippen LogP contribution in [0.2, 0.25) is 0 Å². The van der Waals surface area contributed by atoms with Crippen LogP contribution in [0.1, 0.15) is 18.4 Å². The number of aryl methyl sites for hydroxylation is 1. The molecule has 94 valence electrons. The number of nitrogens with zero attached hydrogens (tertiary/aromatic N) is 2. The summed E-state index contributed by atoms with van der Waals surface area (Å²) < 4.78 is 1.97. The van der Waals surface area contributed by atoms with E-state index in [9.17, 15) is 4.79 Å². The third-order valence-electron chi connectivity index (χ3n) is 3.48. The Labute approximate surface area is 105 Å². The van der Waals surface area contributed by atoms with Gasteiger partial charge in [-0.25, -0.2) is 4.98 Å². The molecule has 0 atom stereocenters. The van der Waals surface area contributed by atoms with Crippen LogP contribution >= 0.6 is 0 Å². The molecule has 1 saturated carbocycles. The quantitative estimate of drug-likeness (QED) is 0.834. The van der Waals surface area contributed by atoms with Gasteiger partial charge in [0.25, 0.3) is 0 Å². The lowest BCUT2D eigenvalue weighted by Crippen LogP contribution is -2.42. The summed E-state index contributed by atoms with van der Waals surface area (Å²) in [4.78, 5) is 16.0. The molecule has 0 saturated heterocycles. The first-order valence-corrected chi connectivity index (χ1v) is 6.06. The molecule has 18 heavy (non-hydrogen) atoms. The van der Waals surface area contributed by atoms with Crippen LogP contribution in [0.5, 0.6) is 0 Å². The van der Waals surface area contributed by atoms with E-state index < -0.39 is 5.54 Å². The van der Waals surface area contributed by atoms with Gasteiger partial charge in [-0.05, 0) is 30.5 Å². The predicted octanol–water partition coefficient (Wildman–Crippen LogP) is 0.681. The van der Waals surface area contributed by atoms with E-state index in [2.05, 4.69) is 10.3 Å². The molecule has 0 spiro atoms. The first-order chi connectivity index (χ1) is 8.58. The van der Waals surface area contributed by atoms with Crippen LogP contribution in [-0.2, 0) is 18.4 Å². The van der Waals surface area contributed by atoms with Crippen LogP contribution in [0.4, 0.5) is 0 Å². The van der Waals surface area contributed by atoms with E-state index >= 15 is 0 Å². The monoisotopic (exact) mass is 244 g/mol. The molecule has 3 rings (SSSR count). The largest absolute Gasteiger partial charge is 0.350 e. The minimum Gasteiger partial charge on any atom is -0.350 e.